The number of aromatic nitrogens is 1. The van der Waals surface area contributed by atoms with E-state index < -0.39 is 5.97 Å². The molecule has 0 spiro atoms. The Morgan fingerprint density at radius 1 is 0.892 bits per heavy atom. The number of aromatic carboxylic acids is 1. The fourth-order valence-corrected chi connectivity index (χ4v) is 7.51. The normalized spacial score (nSPS) is 23.0. The van der Waals surface area contributed by atoms with Gasteiger partial charge in [0, 0.05) is 60.4 Å². The Labute approximate surface area is 221 Å². The van der Waals surface area contributed by atoms with Crippen molar-refractivity contribution >= 4 is 22.6 Å². The van der Waals surface area contributed by atoms with E-state index in [0.29, 0.717) is 23.6 Å². The summed E-state index contributed by atoms with van der Waals surface area (Å²) < 4.78 is 2.46. The van der Waals surface area contributed by atoms with Crippen molar-refractivity contribution in [3.8, 4) is 11.3 Å². The predicted molar refractivity (Wildman–Crippen MR) is 152 cm³/mol. The Morgan fingerprint density at radius 3 is 2.41 bits per heavy atom. The van der Waals surface area contributed by atoms with Gasteiger partial charge in [-0.25, -0.2) is 4.79 Å². The van der Waals surface area contributed by atoms with E-state index in [1.807, 2.05) is 6.07 Å². The maximum absolute atomic E-state index is 11.9. The van der Waals surface area contributed by atoms with Gasteiger partial charge in [-0.15, -0.1) is 0 Å². The third-order valence-electron chi connectivity index (χ3n) is 9.46. The summed E-state index contributed by atoms with van der Waals surface area (Å²) in [7, 11) is 0. The summed E-state index contributed by atoms with van der Waals surface area (Å²) in [6, 6.07) is 16.1. The van der Waals surface area contributed by atoms with Gasteiger partial charge in [-0.2, -0.15) is 0 Å². The molecule has 2 aliphatic heterocycles. The van der Waals surface area contributed by atoms with Crippen LogP contribution in [0.2, 0.25) is 0 Å². The van der Waals surface area contributed by atoms with E-state index in [-0.39, 0.29) is 0 Å². The van der Waals surface area contributed by atoms with Crippen LogP contribution in [0.3, 0.4) is 0 Å². The number of hydrogen-bond donors (Lipinski definition) is 1. The second-order valence-electron chi connectivity index (χ2n) is 11.7. The summed E-state index contributed by atoms with van der Waals surface area (Å²) in [5, 5.41) is 11.0. The van der Waals surface area contributed by atoms with Gasteiger partial charge in [0.05, 0.1) is 11.3 Å². The molecule has 1 N–H and O–H groups in total. The first-order chi connectivity index (χ1) is 18.0. The Balaban J connectivity index is 1.44. The molecule has 2 atom stereocenters. The van der Waals surface area contributed by atoms with Gasteiger partial charge in [0.2, 0.25) is 0 Å². The molecule has 3 heterocycles. The number of para-hydroxylation sites is 1. The summed E-state index contributed by atoms with van der Waals surface area (Å²) in [4.78, 5) is 17.2. The van der Waals surface area contributed by atoms with E-state index in [9.17, 15) is 9.90 Å². The Morgan fingerprint density at radius 2 is 1.65 bits per heavy atom. The average Bonchev–Trinajstić information content (AvgIpc) is 3.14. The lowest BCUT2D eigenvalue weighted by atomic mass is 9.81. The number of nitrogens with zero attached hydrogens (tertiary/aromatic N) is 3. The maximum atomic E-state index is 11.9. The number of benzene rings is 2. The van der Waals surface area contributed by atoms with Crippen molar-refractivity contribution in [3.63, 3.8) is 0 Å². The zero-order valence-electron chi connectivity index (χ0n) is 22.5. The van der Waals surface area contributed by atoms with Crippen molar-refractivity contribution in [1.29, 1.82) is 0 Å². The molecule has 0 unspecified atom stereocenters. The fraction of sp³-hybridized carbons (Fsp3) is 0.531. The molecule has 0 bridgehead atoms. The number of rotatable bonds is 5. The lowest BCUT2D eigenvalue weighted by molar-refractivity contribution is 0.0697. The van der Waals surface area contributed by atoms with Crippen molar-refractivity contribution in [2.24, 2.45) is 0 Å². The molecular weight excluding hydrogens is 458 g/mol. The Hall–Kier alpha value is -2.79. The number of carboxylic acid groups (broad SMARTS) is 1. The molecule has 196 valence electrons. The lowest BCUT2D eigenvalue weighted by Gasteiger charge is -2.40. The maximum Gasteiger partial charge on any atom is 0.335 e. The second kappa shape index (κ2) is 10.2. The highest BCUT2D eigenvalue weighted by Gasteiger charge is 2.31. The molecule has 3 aliphatic rings. The predicted octanol–water partition coefficient (Wildman–Crippen LogP) is 7.14. The number of hydrogen-bond acceptors (Lipinski definition) is 3. The summed E-state index contributed by atoms with van der Waals surface area (Å²) in [5.74, 6) is -0.310. The smallest absolute Gasteiger partial charge is 0.335 e. The van der Waals surface area contributed by atoms with Crippen molar-refractivity contribution in [2.45, 2.75) is 89.8 Å². The van der Waals surface area contributed by atoms with E-state index in [4.69, 9.17) is 0 Å². The second-order valence-corrected chi connectivity index (χ2v) is 11.7. The van der Waals surface area contributed by atoms with Crippen LogP contribution in [0.25, 0.3) is 22.2 Å². The van der Waals surface area contributed by atoms with Crippen LogP contribution in [-0.2, 0) is 6.54 Å². The molecule has 6 rings (SSSR count). The zero-order valence-corrected chi connectivity index (χ0v) is 22.5. The van der Waals surface area contributed by atoms with E-state index in [1.165, 1.54) is 79.3 Å². The van der Waals surface area contributed by atoms with Gasteiger partial charge in [-0.1, -0.05) is 49.9 Å². The van der Waals surface area contributed by atoms with Crippen LogP contribution < -0.4 is 4.90 Å². The molecule has 2 aromatic carbocycles. The zero-order chi connectivity index (χ0) is 25.5. The highest BCUT2D eigenvalue weighted by atomic mass is 16.4. The number of fused-ring (bicyclic) bond motifs is 5. The molecule has 1 saturated carbocycles. The van der Waals surface area contributed by atoms with Crippen molar-refractivity contribution < 1.29 is 9.90 Å². The number of anilines is 1. The molecule has 0 radical (unpaired) electrons. The van der Waals surface area contributed by atoms with Gasteiger partial charge in [0.15, 0.2) is 0 Å². The van der Waals surface area contributed by atoms with Crippen LogP contribution in [-0.4, -0.2) is 52.3 Å². The summed E-state index contributed by atoms with van der Waals surface area (Å²) in [6.07, 6.45) is 10.3. The molecule has 2 fully saturated rings. The van der Waals surface area contributed by atoms with Gasteiger partial charge >= 0.3 is 5.97 Å². The third kappa shape index (κ3) is 4.46. The monoisotopic (exact) mass is 499 g/mol. The first-order valence-corrected chi connectivity index (χ1v) is 14.5. The molecule has 3 aromatic rings. The van der Waals surface area contributed by atoms with E-state index in [2.05, 4.69) is 58.5 Å². The van der Waals surface area contributed by atoms with Crippen molar-refractivity contribution in [2.75, 3.05) is 24.5 Å². The highest BCUT2D eigenvalue weighted by molar-refractivity contribution is 5.99. The van der Waals surface area contributed by atoms with Gasteiger partial charge in [-0.3, -0.25) is 4.90 Å². The molecule has 1 aromatic heterocycles. The Bertz CT molecular complexity index is 1280. The minimum absolute atomic E-state index is 0.380. The van der Waals surface area contributed by atoms with Gasteiger partial charge in [-0.05, 0) is 69.2 Å². The van der Waals surface area contributed by atoms with Crippen LogP contribution in [0.1, 0.15) is 87.1 Å². The minimum Gasteiger partial charge on any atom is -0.478 e. The summed E-state index contributed by atoms with van der Waals surface area (Å²) in [5.41, 5.74) is 6.91. The molecular formula is C32H41N3O2. The van der Waals surface area contributed by atoms with Crippen molar-refractivity contribution in [3.05, 3.63) is 53.6 Å². The van der Waals surface area contributed by atoms with Crippen LogP contribution >= 0.6 is 0 Å². The largest absolute Gasteiger partial charge is 0.478 e. The van der Waals surface area contributed by atoms with Crippen LogP contribution in [0, 0.1) is 0 Å². The highest BCUT2D eigenvalue weighted by Crippen LogP contribution is 2.47. The summed E-state index contributed by atoms with van der Waals surface area (Å²) >= 11 is 0. The molecule has 1 saturated heterocycles. The first kappa shape index (κ1) is 24.5. The minimum atomic E-state index is -0.850. The standard InChI is InChI=1S/C32H41N3O2/c1-22-9-8-10-23(2)34(22)19-17-33-18-20-35-29-21-25(32(36)37)15-16-26(29)30(24-11-4-3-5-12-24)31(35)27-13-6-7-14-28(27)33/h6-7,13-16,21-24H,3-5,8-12,17-20H2,1-2H3,(H,36,37)/t22-,23+. The van der Waals surface area contributed by atoms with Gasteiger partial charge in [0.25, 0.3) is 0 Å². The van der Waals surface area contributed by atoms with Gasteiger partial charge < -0.3 is 14.6 Å². The first-order valence-electron chi connectivity index (χ1n) is 14.5. The topological polar surface area (TPSA) is 48.7 Å². The fourth-order valence-electron chi connectivity index (χ4n) is 7.51. The third-order valence-corrected chi connectivity index (χ3v) is 9.46. The SMILES string of the molecule is C[C@@H]1CCC[C@H](C)N1CCN1CCn2c(c(C3CCCCC3)c3ccc(C(=O)O)cc32)-c2ccccc21. The average molecular weight is 500 g/mol. The van der Waals surface area contributed by atoms with E-state index >= 15 is 0 Å². The molecule has 1 aliphatic carbocycles. The molecule has 5 nitrogen and oxygen atoms in total. The molecule has 37 heavy (non-hydrogen) atoms. The quantitative estimate of drug-likeness (QED) is 0.405. The van der Waals surface area contributed by atoms with Crippen LogP contribution in [0.4, 0.5) is 5.69 Å². The molecule has 5 heteroatoms. The number of carboxylic acids is 1. The van der Waals surface area contributed by atoms with Crippen molar-refractivity contribution in [1.82, 2.24) is 9.47 Å². The number of carbonyl (C=O) groups is 1. The molecule has 0 amide bonds. The number of piperidine rings is 1. The number of likely N-dealkylation sites (tertiary alicyclic amines) is 1. The summed E-state index contributed by atoms with van der Waals surface area (Å²) in [6.45, 7) is 8.70. The van der Waals surface area contributed by atoms with E-state index in [0.717, 1.165) is 31.7 Å². The van der Waals surface area contributed by atoms with Crippen LogP contribution in [0.5, 0.6) is 0 Å². The van der Waals surface area contributed by atoms with E-state index in [1.54, 1.807) is 6.07 Å². The van der Waals surface area contributed by atoms with Crippen LogP contribution in [0.15, 0.2) is 42.5 Å². The lowest BCUT2D eigenvalue weighted by Crippen LogP contribution is -2.47. The van der Waals surface area contributed by atoms with Gasteiger partial charge in [0.1, 0.15) is 0 Å². The Kier molecular flexibility index (Phi) is 6.74.